The summed E-state index contributed by atoms with van der Waals surface area (Å²) < 4.78 is 16.3. The monoisotopic (exact) mass is 310 g/mol. The molecule has 0 spiro atoms. The molecular formula is C16H26N2O4+2. The van der Waals surface area contributed by atoms with Crippen LogP contribution >= 0.6 is 0 Å². The minimum atomic E-state index is -0.441. The Balaban J connectivity index is 1.42. The van der Waals surface area contributed by atoms with Crippen LogP contribution in [0.4, 0.5) is 0 Å². The summed E-state index contributed by atoms with van der Waals surface area (Å²) in [6.45, 7) is 9.40. The molecular weight excluding hydrogens is 284 g/mol. The van der Waals surface area contributed by atoms with Gasteiger partial charge in [0.15, 0.2) is 11.5 Å². The summed E-state index contributed by atoms with van der Waals surface area (Å²) >= 11 is 0. The number of benzene rings is 1. The van der Waals surface area contributed by atoms with Crippen molar-refractivity contribution in [3.63, 3.8) is 0 Å². The van der Waals surface area contributed by atoms with Gasteiger partial charge in [0.05, 0.1) is 6.54 Å². The van der Waals surface area contributed by atoms with Crippen molar-refractivity contribution in [2.24, 2.45) is 0 Å². The van der Waals surface area contributed by atoms with Gasteiger partial charge in [-0.05, 0) is 19.1 Å². The van der Waals surface area contributed by atoms with Crippen LogP contribution in [0.15, 0.2) is 18.2 Å². The molecule has 2 heterocycles. The second-order valence-electron chi connectivity index (χ2n) is 6.04. The van der Waals surface area contributed by atoms with Gasteiger partial charge in [0.2, 0.25) is 6.79 Å². The summed E-state index contributed by atoms with van der Waals surface area (Å²) in [4.78, 5) is 3.13. The first-order valence-corrected chi connectivity index (χ1v) is 8.12. The van der Waals surface area contributed by atoms with Crippen molar-refractivity contribution < 1.29 is 29.1 Å². The van der Waals surface area contributed by atoms with E-state index in [1.807, 2.05) is 18.2 Å². The third-order valence-electron chi connectivity index (χ3n) is 4.47. The summed E-state index contributed by atoms with van der Waals surface area (Å²) in [6.07, 6.45) is -0.441. The van der Waals surface area contributed by atoms with Crippen molar-refractivity contribution in [3.05, 3.63) is 18.2 Å². The third-order valence-corrected chi connectivity index (χ3v) is 4.47. The van der Waals surface area contributed by atoms with E-state index in [2.05, 4.69) is 6.92 Å². The fourth-order valence-electron chi connectivity index (χ4n) is 3.07. The maximum Gasteiger partial charge on any atom is 0.231 e. The van der Waals surface area contributed by atoms with Gasteiger partial charge in [-0.15, -0.1) is 0 Å². The zero-order valence-electron chi connectivity index (χ0n) is 13.1. The van der Waals surface area contributed by atoms with Gasteiger partial charge < -0.3 is 29.1 Å². The Morgan fingerprint density at radius 2 is 1.86 bits per heavy atom. The lowest BCUT2D eigenvalue weighted by Crippen LogP contribution is -3.28. The van der Waals surface area contributed by atoms with Crippen LogP contribution < -0.4 is 24.0 Å². The Morgan fingerprint density at radius 3 is 2.64 bits per heavy atom. The summed E-state index contributed by atoms with van der Waals surface area (Å²) in [5.74, 6) is 2.16. The van der Waals surface area contributed by atoms with Crippen LogP contribution in [-0.2, 0) is 0 Å². The van der Waals surface area contributed by atoms with Crippen LogP contribution in [0.3, 0.4) is 0 Å². The maximum absolute atomic E-state index is 10.2. The zero-order valence-corrected chi connectivity index (χ0v) is 13.1. The van der Waals surface area contributed by atoms with E-state index in [-0.39, 0.29) is 6.79 Å². The molecule has 1 saturated heterocycles. The number of hydrogen-bond acceptors (Lipinski definition) is 4. The van der Waals surface area contributed by atoms with Crippen LogP contribution in [0, 0.1) is 0 Å². The van der Waals surface area contributed by atoms with Crippen molar-refractivity contribution in [1.29, 1.82) is 0 Å². The van der Waals surface area contributed by atoms with E-state index < -0.39 is 6.10 Å². The van der Waals surface area contributed by atoms with E-state index in [1.165, 1.54) is 24.5 Å². The number of likely N-dealkylation sites (N-methyl/N-ethyl adjacent to an activating group) is 1. The van der Waals surface area contributed by atoms with E-state index in [9.17, 15) is 5.11 Å². The van der Waals surface area contributed by atoms with Crippen molar-refractivity contribution in [1.82, 2.24) is 0 Å². The smallest absolute Gasteiger partial charge is 0.231 e. The second kappa shape index (κ2) is 7.17. The number of ether oxygens (including phenoxy) is 3. The molecule has 6 nitrogen and oxygen atoms in total. The molecule has 3 rings (SSSR count). The minimum absolute atomic E-state index is 0.260. The Labute approximate surface area is 131 Å². The SMILES string of the molecule is CC[NH+]1CC[NH+](CC(O)COc2ccc3c(c2)OCO3)CC1. The average Bonchev–Trinajstić information content (AvgIpc) is 3.01. The summed E-state index contributed by atoms with van der Waals surface area (Å²) in [7, 11) is 0. The number of aliphatic hydroxyl groups is 1. The van der Waals surface area contributed by atoms with Gasteiger partial charge >= 0.3 is 0 Å². The van der Waals surface area contributed by atoms with Gasteiger partial charge in [0.25, 0.3) is 0 Å². The molecule has 1 aromatic rings. The molecule has 0 aromatic heterocycles. The Hall–Kier alpha value is -1.50. The lowest BCUT2D eigenvalue weighted by molar-refractivity contribution is -1.01. The molecule has 1 fully saturated rings. The van der Waals surface area contributed by atoms with Crippen LogP contribution in [0.2, 0.25) is 0 Å². The van der Waals surface area contributed by atoms with Crippen molar-refractivity contribution >= 4 is 0 Å². The molecule has 1 unspecified atom stereocenters. The number of quaternary nitrogens is 2. The van der Waals surface area contributed by atoms with Gasteiger partial charge in [-0.1, -0.05) is 0 Å². The lowest BCUT2D eigenvalue weighted by atomic mass is 10.2. The van der Waals surface area contributed by atoms with Crippen molar-refractivity contribution in [3.8, 4) is 17.2 Å². The fourth-order valence-corrected chi connectivity index (χ4v) is 3.07. The molecule has 2 aliphatic heterocycles. The first-order valence-electron chi connectivity index (χ1n) is 8.12. The molecule has 2 aliphatic rings. The standard InChI is InChI=1S/C16H24N2O4/c1-2-17-5-7-18(8-6-17)10-13(19)11-20-14-3-4-15-16(9-14)22-12-21-15/h3-4,9,13,19H,2,5-8,10-12H2,1H3/p+2. The van der Waals surface area contributed by atoms with Crippen LogP contribution in [-0.4, -0.2) is 63.9 Å². The molecule has 22 heavy (non-hydrogen) atoms. The third kappa shape index (κ3) is 3.82. The van der Waals surface area contributed by atoms with Gasteiger partial charge in [0, 0.05) is 6.07 Å². The predicted molar refractivity (Wildman–Crippen MR) is 80.9 cm³/mol. The zero-order chi connectivity index (χ0) is 15.4. The molecule has 3 N–H and O–H groups in total. The van der Waals surface area contributed by atoms with Crippen LogP contribution in [0.5, 0.6) is 17.2 Å². The second-order valence-corrected chi connectivity index (χ2v) is 6.04. The number of nitrogens with one attached hydrogen (secondary N) is 2. The van der Waals surface area contributed by atoms with Crippen LogP contribution in [0.25, 0.3) is 0 Å². The predicted octanol–water partition coefficient (Wildman–Crippen LogP) is -2.04. The van der Waals surface area contributed by atoms with Crippen molar-refractivity contribution in [2.75, 3.05) is 52.7 Å². The van der Waals surface area contributed by atoms with E-state index in [1.54, 1.807) is 4.90 Å². The molecule has 0 bridgehead atoms. The van der Waals surface area contributed by atoms with Gasteiger partial charge in [-0.25, -0.2) is 0 Å². The summed E-state index contributed by atoms with van der Waals surface area (Å²) in [5.41, 5.74) is 0. The quantitative estimate of drug-likeness (QED) is 0.567. The molecule has 0 saturated carbocycles. The maximum atomic E-state index is 10.2. The number of piperazine rings is 1. The Bertz CT molecular complexity index is 489. The number of rotatable bonds is 6. The topological polar surface area (TPSA) is 56.8 Å². The first kappa shape index (κ1) is 15.4. The van der Waals surface area contributed by atoms with E-state index >= 15 is 0 Å². The highest BCUT2D eigenvalue weighted by atomic mass is 16.7. The number of hydrogen-bond donors (Lipinski definition) is 3. The average molecular weight is 310 g/mol. The molecule has 0 aliphatic carbocycles. The Morgan fingerprint density at radius 1 is 1.14 bits per heavy atom. The summed E-state index contributed by atoms with van der Waals surface area (Å²) in [5, 5.41) is 10.2. The fraction of sp³-hybridized carbons (Fsp3) is 0.625. The molecule has 1 aromatic carbocycles. The molecule has 122 valence electrons. The van der Waals surface area contributed by atoms with Gasteiger partial charge in [0.1, 0.15) is 51.2 Å². The van der Waals surface area contributed by atoms with Gasteiger partial charge in [-0.3, -0.25) is 0 Å². The van der Waals surface area contributed by atoms with Gasteiger partial charge in [-0.2, -0.15) is 0 Å². The largest absolute Gasteiger partial charge is 0.491 e. The van der Waals surface area contributed by atoms with E-state index in [0.717, 1.165) is 25.4 Å². The van der Waals surface area contributed by atoms with Crippen LogP contribution in [0.1, 0.15) is 6.92 Å². The van der Waals surface area contributed by atoms with E-state index in [0.29, 0.717) is 18.1 Å². The Kier molecular flexibility index (Phi) is 5.02. The van der Waals surface area contributed by atoms with E-state index in [4.69, 9.17) is 14.2 Å². The number of aliphatic hydroxyl groups excluding tert-OH is 1. The lowest BCUT2D eigenvalue weighted by Gasteiger charge is -2.30. The highest BCUT2D eigenvalue weighted by molar-refractivity contribution is 5.46. The minimum Gasteiger partial charge on any atom is -0.491 e. The molecule has 6 heteroatoms. The first-order chi connectivity index (χ1) is 10.7. The molecule has 1 atom stereocenters. The molecule has 0 radical (unpaired) electrons. The highest BCUT2D eigenvalue weighted by Gasteiger charge is 2.24. The highest BCUT2D eigenvalue weighted by Crippen LogP contribution is 2.35. The normalized spacial score (nSPS) is 25.0. The molecule has 0 amide bonds. The number of fused-ring (bicyclic) bond motifs is 1. The summed E-state index contributed by atoms with van der Waals surface area (Å²) in [6, 6.07) is 5.49. The van der Waals surface area contributed by atoms with Crippen molar-refractivity contribution in [2.45, 2.75) is 13.0 Å².